The summed E-state index contributed by atoms with van der Waals surface area (Å²) in [5, 5.41) is 0. The SMILES string of the molecule is CC(C)(N)CCc1nc2cc(Br)c(F)cc2[nH]1. The number of hydrogen-bond acceptors (Lipinski definition) is 2. The molecule has 1 heterocycles. The van der Waals surface area contributed by atoms with E-state index >= 15 is 0 Å². The molecule has 0 fully saturated rings. The van der Waals surface area contributed by atoms with Gasteiger partial charge in [0.15, 0.2) is 0 Å². The molecule has 0 spiro atoms. The zero-order valence-corrected chi connectivity index (χ0v) is 11.4. The summed E-state index contributed by atoms with van der Waals surface area (Å²) in [6.07, 6.45) is 1.59. The maximum absolute atomic E-state index is 13.3. The van der Waals surface area contributed by atoms with Gasteiger partial charge in [-0.2, -0.15) is 0 Å². The molecule has 2 aromatic rings. The third-order valence-electron chi connectivity index (χ3n) is 2.58. The highest BCUT2D eigenvalue weighted by Crippen LogP contribution is 2.22. The molecule has 0 atom stereocenters. The Balaban J connectivity index is 2.26. The summed E-state index contributed by atoms with van der Waals surface area (Å²) in [7, 11) is 0. The summed E-state index contributed by atoms with van der Waals surface area (Å²) in [6.45, 7) is 3.96. The number of hydrogen-bond donors (Lipinski definition) is 2. The van der Waals surface area contributed by atoms with E-state index < -0.39 is 0 Å². The average molecular weight is 300 g/mol. The second-order valence-corrected chi connectivity index (χ2v) is 5.81. The summed E-state index contributed by atoms with van der Waals surface area (Å²) in [4.78, 5) is 7.52. The largest absolute Gasteiger partial charge is 0.342 e. The van der Waals surface area contributed by atoms with Gasteiger partial charge in [0.25, 0.3) is 0 Å². The number of benzene rings is 1. The Labute approximate surface area is 108 Å². The van der Waals surface area contributed by atoms with E-state index in [1.54, 1.807) is 6.07 Å². The molecule has 17 heavy (non-hydrogen) atoms. The van der Waals surface area contributed by atoms with Crippen molar-refractivity contribution >= 4 is 27.0 Å². The number of nitrogens with one attached hydrogen (secondary N) is 1. The van der Waals surface area contributed by atoms with Gasteiger partial charge in [0.2, 0.25) is 0 Å². The fourth-order valence-corrected chi connectivity index (χ4v) is 1.95. The van der Waals surface area contributed by atoms with Gasteiger partial charge < -0.3 is 10.7 Å². The van der Waals surface area contributed by atoms with Crippen molar-refractivity contribution in [2.24, 2.45) is 5.73 Å². The number of nitrogens with two attached hydrogens (primary N) is 1. The first-order valence-corrected chi connectivity index (χ1v) is 6.27. The van der Waals surface area contributed by atoms with Crippen LogP contribution in [0.4, 0.5) is 4.39 Å². The summed E-state index contributed by atoms with van der Waals surface area (Å²) >= 11 is 3.15. The Bertz CT molecular complexity index is 503. The Morgan fingerprint density at radius 3 is 2.82 bits per heavy atom. The van der Waals surface area contributed by atoms with E-state index in [-0.39, 0.29) is 11.4 Å². The highest BCUT2D eigenvalue weighted by molar-refractivity contribution is 9.10. The lowest BCUT2D eigenvalue weighted by Gasteiger charge is -2.16. The molecule has 0 amide bonds. The van der Waals surface area contributed by atoms with Gasteiger partial charge in [0.1, 0.15) is 11.6 Å². The van der Waals surface area contributed by atoms with Crippen LogP contribution in [0.25, 0.3) is 11.0 Å². The normalized spacial score (nSPS) is 12.3. The molecule has 0 radical (unpaired) electrons. The Kier molecular flexibility index (Phi) is 3.23. The van der Waals surface area contributed by atoms with E-state index in [1.807, 2.05) is 13.8 Å². The Hall–Kier alpha value is -0.940. The zero-order valence-electron chi connectivity index (χ0n) is 9.85. The molecule has 0 saturated carbocycles. The molecule has 0 unspecified atom stereocenters. The molecule has 0 aliphatic heterocycles. The number of imidazole rings is 1. The van der Waals surface area contributed by atoms with Gasteiger partial charge in [-0.1, -0.05) is 0 Å². The van der Waals surface area contributed by atoms with Crippen LogP contribution in [0.5, 0.6) is 0 Å². The van der Waals surface area contributed by atoms with Gasteiger partial charge in [-0.05, 0) is 42.3 Å². The highest BCUT2D eigenvalue weighted by atomic mass is 79.9. The van der Waals surface area contributed by atoms with Gasteiger partial charge in [-0.25, -0.2) is 9.37 Å². The minimum absolute atomic E-state index is 0.217. The topological polar surface area (TPSA) is 54.7 Å². The summed E-state index contributed by atoms with van der Waals surface area (Å²) < 4.78 is 13.8. The number of fused-ring (bicyclic) bond motifs is 1. The van der Waals surface area contributed by atoms with Crippen molar-refractivity contribution in [2.45, 2.75) is 32.2 Å². The first-order chi connectivity index (χ1) is 7.85. The third kappa shape index (κ3) is 3.04. The molecule has 0 aliphatic carbocycles. The zero-order chi connectivity index (χ0) is 12.6. The number of halogens is 2. The molecule has 3 nitrogen and oxygen atoms in total. The molecule has 3 N–H and O–H groups in total. The van der Waals surface area contributed by atoms with Gasteiger partial charge in [-0.3, -0.25) is 0 Å². The number of H-pyrrole nitrogens is 1. The van der Waals surface area contributed by atoms with Crippen LogP contribution in [0.1, 0.15) is 26.1 Å². The predicted molar refractivity (Wildman–Crippen MR) is 70.3 cm³/mol. The Morgan fingerprint density at radius 1 is 1.47 bits per heavy atom. The number of aromatic nitrogens is 2. The molecule has 2 rings (SSSR count). The molecule has 5 heteroatoms. The van der Waals surface area contributed by atoms with Crippen molar-refractivity contribution in [3.63, 3.8) is 0 Å². The molecular formula is C12H15BrFN3. The predicted octanol–water partition coefficient (Wildman–Crippen LogP) is 3.13. The van der Waals surface area contributed by atoms with Crippen molar-refractivity contribution < 1.29 is 4.39 Å². The van der Waals surface area contributed by atoms with Gasteiger partial charge in [0.05, 0.1) is 15.5 Å². The van der Waals surface area contributed by atoms with E-state index in [9.17, 15) is 4.39 Å². The average Bonchev–Trinajstić information content (AvgIpc) is 2.57. The van der Waals surface area contributed by atoms with E-state index in [4.69, 9.17) is 5.73 Å². The van der Waals surface area contributed by atoms with Crippen molar-refractivity contribution in [3.05, 3.63) is 28.2 Å². The summed E-state index contributed by atoms with van der Waals surface area (Å²) in [5.41, 5.74) is 7.18. The van der Waals surface area contributed by atoms with Crippen molar-refractivity contribution in [1.82, 2.24) is 9.97 Å². The second kappa shape index (κ2) is 4.38. The molecular weight excluding hydrogens is 285 g/mol. The molecule has 1 aromatic carbocycles. The molecule has 1 aromatic heterocycles. The van der Waals surface area contributed by atoms with Gasteiger partial charge in [0, 0.05) is 18.0 Å². The van der Waals surface area contributed by atoms with Crippen LogP contribution in [0.2, 0.25) is 0 Å². The van der Waals surface area contributed by atoms with Crippen LogP contribution in [-0.4, -0.2) is 15.5 Å². The van der Waals surface area contributed by atoms with E-state index in [0.717, 1.165) is 29.7 Å². The van der Waals surface area contributed by atoms with Gasteiger partial charge in [-0.15, -0.1) is 0 Å². The quantitative estimate of drug-likeness (QED) is 0.915. The van der Waals surface area contributed by atoms with Crippen molar-refractivity contribution in [1.29, 1.82) is 0 Å². The standard InChI is InChI=1S/C12H15BrFN3/c1-12(2,15)4-3-11-16-9-5-7(13)8(14)6-10(9)17-11/h5-6H,3-4,15H2,1-2H3,(H,16,17). The summed E-state index contributed by atoms with van der Waals surface area (Å²) in [6, 6.07) is 3.13. The van der Waals surface area contributed by atoms with E-state index in [0.29, 0.717) is 4.47 Å². The summed E-state index contributed by atoms with van der Waals surface area (Å²) in [5.74, 6) is 0.558. The maximum atomic E-state index is 13.3. The van der Waals surface area contributed by atoms with Gasteiger partial charge >= 0.3 is 0 Å². The first-order valence-electron chi connectivity index (χ1n) is 5.48. The smallest absolute Gasteiger partial charge is 0.139 e. The van der Waals surface area contributed by atoms with Crippen molar-refractivity contribution in [3.8, 4) is 0 Å². The lowest BCUT2D eigenvalue weighted by Crippen LogP contribution is -2.32. The fraction of sp³-hybridized carbons (Fsp3) is 0.417. The van der Waals surface area contributed by atoms with Crippen LogP contribution >= 0.6 is 15.9 Å². The number of aryl methyl sites for hydroxylation is 1. The van der Waals surface area contributed by atoms with Crippen LogP contribution in [-0.2, 0) is 6.42 Å². The molecule has 0 bridgehead atoms. The van der Waals surface area contributed by atoms with E-state index in [1.165, 1.54) is 6.07 Å². The minimum Gasteiger partial charge on any atom is -0.342 e. The number of rotatable bonds is 3. The third-order valence-corrected chi connectivity index (χ3v) is 3.19. The van der Waals surface area contributed by atoms with Crippen LogP contribution in [0.15, 0.2) is 16.6 Å². The van der Waals surface area contributed by atoms with Crippen LogP contribution in [0.3, 0.4) is 0 Å². The minimum atomic E-state index is -0.285. The molecule has 0 aliphatic rings. The van der Waals surface area contributed by atoms with Crippen molar-refractivity contribution in [2.75, 3.05) is 0 Å². The van der Waals surface area contributed by atoms with Crippen LogP contribution in [0, 0.1) is 5.82 Å². The van der Waals surface area contributed by atoms with E-state index in [2.05, 4.69) is 25.9 Å². The molecule has 92 valence electrons. The fourth-order valence-electron chi connectivity index (χ4n) is 1.62. The number of aromatic amines is 1. The van der Waals surface area contributed by atoms with Crippen LogP contribution < -0.4 is 5.73 Å². The second-order valence-electron chi connectivity index (χ2n) is 4.96. The maximum Gasteiger partial charge on any atom is 0.139 e. The monoisotopic (exact) mass is 299 g/mol. The number of nitrogens with zero attached hydrogens (tertiary/aromatic N) is 1. The first kappa shape index (κ1) is 12.5. The lowest BCUT2D eigenvalue weighted by atomic mass is 10.0. The molecule has 0 saturated heterocycles. The highest BCUT2D eigenvalue weighted by Gasteiger charge is 2.13. The Morgan fingerprint density at radius 2 is 2.18 bits per heavy atom. The lowest BCUT2D eigenvalue weighted by molar-refractivity contribution is 0.472.